The summed E-state index contributed by atoms with van der Waals surface area (Å²) in [6.45, 7) is 2.42. The van der Waals surface area contributed by atoms with Gasteiger partial charge in [-0.25, -0.2) is 4.39 Å². The predicted molar refractivity (Wildman–Crippen MR) is 55.1 cm³/mol. The molecule has 1 aromatic carbocycles. The third-order valence-corrected chi connectivity index (χ3v) is 2.23. The van der Waals surface area contributed by atoms with Gasteiger partial charge < -0.3 is 10.5 Å². The van der Waals surface area contributed by atoms with Gasteiger partial charge >= 0.3 is 6.18 Å². The summed E-state index contributed by atoms with van der Waals surface area (Å²) < 4.78 is 54.6. The van der Waals surface area contributed by atoms with Crippen LogP contribution in [0.1, 0.15) is 25.5 Å². The van der Waals surface area contributed by atoms with Crippen LogP contribution in [-0.4, -0.2) is 12.3 Å². The second kappa shape index (κ2) is 4.91. The van der Waals surface area contributed by atoms with E-state index in [-0.39, 0.29) is 11.3 Å². The topological polar surface area (TPSA) is 35.2 Å². The van der Waals surface area contributed by atoms with Gasteiger partial charge in [0.15, 0.2) is 6.10 Å². The van der Waals surface area contributed by atoms with E-state index in [2.05, 4.69) is 0 Å². The SMILES string of the molecule is CC(Oc1ccc(F)cc1[C@H](C)N)C(F)(F)F. The first-order valence-corrected chi connectivity index (χ1v) is 5.00. The fourth-order valence-corrected chi connectivity index (χ4v) is 1.24. The van der Waals surface area contributed by atoms with Crippen molar-refractivity contribution in [1.82, 2.24) is 0 Å². The van der Waals surface area contributed by atoms with E-state index in [0.717, 1.165) is 25.1 Å². The van der Waals surface area contributed by atoms with E-state index < -0.39 is 24.1 Å². The fraction of sp³-hybridized carbons (Fsp3) is 0.455. The zero-order chi connectivity index (χ0) is 13.2. The minimum absolute atomic E-state index is 0.0498. The smallest absolute Gasteiger partial charge is 0.425 e. The molecule has 0 aliphatic carbocycles. The number of hydrogen-bond donors (Lipinski definition) is 1. The molecule has 0 aromatic heterocycles. The Morgan fingerprint density at radius 3 is 2.29 bits per heavy atom. The summed E-state index contributed by atoms with van der Waals surface area (Å²) in [5.41, 5.74) is 5.75. The summed E-state index contributed by atoms with van der Waals surface area (Å²) in [5.74, 6) is -0.615. The summed E-state index contributed by atoms with van der Waals surface area (Å²) in [7, 11) is 0. The maximum atomic E-state index is 12.9. The number of halogens is 4. The predicted octanol–water partition coefficient (Wildman–Crippen LogP) is 3.18. The van der Waals surface area contributed by atoms with E-state index in [1.807, 2.05) is 0 Å². The third kappa shape index (κ3) is 3.59. The van der Waals surface area contributed by atoms with E-state index in [0.29, 0.717) is 0 Å². The van der Waals surface area contributed by atoms with Gasteiger partial charge in [0.05, 0.1) is 0 Å². The van der Waals surface area contributed by atoms with Crippen LogP contribution >= 0.6 is 0 Å². The lowest BCUT2D eigenvalue weighted by molar-refractivity contribution is -0.189. The molecule has 0 saturated carbocycles. The number of hydrogen-bond acceptors (Lipinski definition) is 2. The third-order valence-electron chi connectivity index (χ3n) is 2.23. The van der Waals surface area contributed by atoms with Gasteiger partial charge in [-0.15, -0.1) is 0 Å². The van der Waals surface area contributed by atoms with Crippen molar-refractivity contribution < 1.29 is 22.3 Å². The molecule has 2 N–H and O–H groups in total. The van der Waals surface area contributed by atoms with Crippen molar-refractivity contribution in [2.75, 3.05) is 0 Å². The van der Waals surface area contributed by atoms with Crippen molar-refractivity contribution in [1.29, 1.82) is 0 Å². The molecule has 0 aliphatic rings. The molecule has 1 unspecified atom stereocenters. The van der Waals surface area contributed by atoms with Crippen LogP contribution in [0.4, 0.5) is 17.6 Å². The molecule has 0 fully saturated rings. The zero-order valence-electron chi connectivity index (χ0n) is 9.38. The lowest BCUT2D eigenvalue weighted by atomic mass is 10.1. The molecule has 0 aliphatic heterocycles. The summed E-state index contributed by atoms with van der Waals surface area (Å²) in [5, 5.41) is 0. The van der Waals surface area contributed by atoms with Crippen LogP contribution in [0.15, 0.2) is 18.2 Å². The molecule has 0 bridgehead atoms. The summed E-state index contributed by atoms with van der Waals surface area (Å²) in [4.78, 5) is 0. The Labute approximate surface area is 96.4 Å². The Bertz CT molecular complexity index is 390. The van der Waals surface area contributed by atoms with Crippen LogP contribution in [0.25, 0.3) is 0 Å². The molecule has 2 atom stereocenters. The molecule has 0 amide bonds. The number of rotatable bonds is 3. The molecule has 96 valence electrons. The average molecular weight is 251 g/mol. The molecule has 1 rings (SSSR count). The Kier molecular flexibility index (Phi) is 3.98. The van der Waals surface area contributed by atoms with Crippen LogP contribution in [0.2, 0.25) is 0 Å². The van der Waals surface area contributed by atoms with E-state index in [4.69, 9.17) is 10.5 Å². The highest BCUT2D eigenvalue weighted by atomic mass is 19.4. The lowest BCUT2D eigenvalue weighted by Crippen LogP contribution is -2.31. The standard InChI is InChI=1S/C11H13F4NO/c1-6(16)9-5-8(12)3-4-10(9)17-7(2)11(13,14)15/h3-7H,16H2,1-2H3/t6-,7?/m0/s1. The maximum absolute atomic E-state index is 12.9. The summed E-state index contributed by atoms with van der Waals surface area (Å²) >= 11 is 0. The molecule has 0 saturated heterocycles. The van der Waals surface area contributed by atoms with Crippen molar-refractivity contribution in [3.05, 3.63) is 29.6 Å². The highest BCUT2D eigenvalue weighted by molar-refractivity contribution is 5.36. The molecule has 0 heterocycles. The number of benzene rings is 1. The average Bonchev–Trinajstić information content (AvgIpc) is 2.18. The first kappa shape index (κ1) is 13.8. The monoisotopic (exact) mass is 251 g/mol. The van der Waals surface area contributed by atoms with E-state index in [9.17, 15) is 17.6 Å². The highest BCUT2D eigenvalue weighted by Gasteiger charge is 2.38. The molecular formula is C11H13F4NO. The molecular weight excluding hydrogens is 238 g/mol. The number of alkyl halides is 3. The Morgan fingerprint density at radius 2 is 1.82 bits per heavy atom. The van der Waals surface area contributed by atoms with Crippen molar-refractivity contribution in [2.45, 2.75) is 32.2 Å². The van der Waals surface area contributed by atoms with E-state index in [1.54, 1.807) is 6.92 Å². The van der Waals surface area contributed by atoms with Crippen molar-refractivity contribution >= 4 is 0 Å². The van der Waals surface area contributed by atoms with Gasteiger partial charge in [0.2, 0.25) is 0 Å². The van der Waals surface area contributed by atoms with Gasteiger partial charge in [-0.3, -0.25) is 0 Å². The molecule has 2 nitrogen and oxygen atoms in total. The van der Waals surface area contributed by atoms with Gasteiger partial charge in [0, 0.05) is 11.6 Å². The summed E-state index contributed by atoms with van der Waals surface area (Å²) in [6, 6.07) is 2.64. The molecule has 6 heteroatoms. The highest BCUT2D eigenvalue weighted by Crippen LogP contribution is 2.29. The summed E-state index contributed by atoms with van der Waals surface area (Å²) in [6.07, 6.45) is -6.44. The fourth-order valence-electron chi connectivity index (χ4n) is 1.24. The largest absolute Gasteiger partial charge is 0.481 e. The molecule has 0 radical (unpaired) electrons. The first-order valence-electron chi connectivity index (χ1n) is 5.00. The molecule has 1 aromatic rings. The first-order chi connectivity index (χ1) is 7.71. The van der Waals surface area contributed by atoms with E-state index >= 15 is 0 Å². The van der Waals surface area contributed by atoms with Crippen molar-refractivity contribution in [3.8, 4) is 5.75 Å². The van der Waals surface area contributed by atoms with Crippen LogP contribution in [0, 0.1) is 5.82 Å². The van der Waals surface area contributed by atoms with Crippen LogP contribution in [0.5, 0.6) is 5.75 Å². The normalized spacial score (nSPS) is 15.5. The molecule has 0 spiro atoms. The van der Waals surface area contributed by atoms with Crippen LogP contribution in [-0.2, 0) is 0 Å². The van der Waals surface area contributed by atoms with E-state index in [1.165, 1.54) is 0 Å². The lowest BCUT2D eigenvalue weighted by Gasteiger charge is -2.20. The van der Waals surface area contributed by atoms with Crippen molar-refractivity contribution in [2.24, 2.45) is 5.73 Å². The minimum Gasteiger partial charge on any atom is -0.481 e. The van der Waals surface area contributed by atoms with Crippen LogP contribution < -0.4 is 10.5 Å². The van der Waals surface area contributed by atoms with Gasteiger partial charge in [-0.2, -0.15) is 13.2 Å². The molecule has 17 heavy (non-hydrogen) atoms. The Hall–Kier alpha value is -1.30. The van der Waals surface area contributed by atoms with Gasteiger partial charge in [-0.1, -0.05) is 0 Å². The Morgan fingerprint density at radius 1 is 1.24 bits per heavy atom. The van der Waals surface area contributed by atoms with Gasteiger partial charge in [0.1, 0.15) is 11.6 Å². The second-order valence-electron chi connectivity index (χ2n) is 3.77. The Balaban J connectivity index is 2.98. The number of nitrogens with two attached hydrogens (primary N) is 1. The zero-order valence-corrected chi connectivity index (χ0v) is 9.38. The minimum atomic E-state index is -4.47. The maximum Gasteiger partial charge on any atom is 0.425 e. The quantitative estimate of drug-likeness (QED) is 0.837. The van der Waals surface area contributed by atoms with Crippen LogP contribution in [0.3, 0.4) is 0 Å². The van der Waals surface area contributed by atoms with Crippen molar-refractivity contribution in [3.63, 3.8) is 0 Å². The van der Waals surface area contributed by atoms with Gasteiger partial charge in [0.25, 0.3) is 0 Å². The number of ether oxygens (including phenoxy) is 1. The second-order valence-corrected chi connectivity index (χ2v) is 3.77. The van der Waals surface area contributed by atoms with Gasteiger partial charge in [-0.05, 0) is 32.0 Å².